The second-order valence-electron chi connectivity index (χ2n) is 5.40. The molecule has 0 aliphatic rings. The maximum absolute atomic E-state index is 11.8. The van der Waals surface area contributed by atoms with Crippen molar-refractivity contribution in [1.29, 1.82) is 0 Å². The summed E-state index contributed by atoms with van der Waals surface area (Å²) in [4.78, 5) is 16.2. The number of urea groups is 1. The predicted octanol–water partition coefficient (Wildman–Crippen LogP) is 4.70. The van der Waals surface area contributed by atoms with Crippen LogP contribution in [0.25, 0.3) is 22.8 Å². The number of anilines is 1. The summed E-state index contributed by atoms with van der Waals surface area (Å²) in [6.07, 6.45) is 0.884. The lowest BCUT2D eigenvalue weighted by Crippen LogP contribution is -2.29. The lowest BCUT2D eigenvalue weighted by molar-refractivity contribution is 0.252. The number of hydrogen-bond acceptors (Lipinski definition) is 4. The summed E-state index contributed by atoms with van der Waals surface area (Å²) in [5.74, 6) is 0.906. The van der Waals surface area contributed by atoms with Gasteiger partial charge in [-0.2, -0.15) is 4.98 Å². The first-order valence-corrected chi connectivity index (χ1v) is 8.70. The molecule has 0 atom stereocenters. The number of nitrogens with one attached hydrogen (secondary N) is 2. The third-order valence-corrected chi connectivity index (χ3v) is 3.91. The average Bonchev–Trinajstić information content (AvgIpc) is 3.10. The van der Waals surface area contributed by atoms with Crippen LogP contribution in [-0.4, -0.2) is 22.7 Å². The number of rotatable bonds is 5. The van der Waals surface area contributed by atoms with Gasteiger partial charge >= 0.3 is 6.03 Å². The van der Waals surface area contributed by atoms with E-state index in [2.05, 4.69) is 36.7 Å². The molecule has 0 fully saturated rings. The largest absolute Gasteiger partial charge is 0.338 e. The van der Waals surface area contributed by atoms with Crippen molar-refractivity contribution in [2.75, 3.05) is 11.9 Å². The van der Waals surface area contributed by atoms with Gasteiger partial charge in [0.05, 0.1) is 0 Å². The summed E-state index contributed by atoms with van der Waals surface area (Å²) in [6, 6.07) is 14.7. The molecule has 0 saturated carbocycles. The Kier molecular flexibility index (Phi) is 5.45. The van der Waals surface area contributed by atoms with Gasteiger partial charge in [-0.15, -0.1) is 0 Å². The van der Waals surface area contributed by atoms with Crippen LogP contribution in [0.3, 0.4) is 0 Å². The van der Waals surface area contributed by atoms with Crippen LogP contribution in [0.15, 0.2) is 57.5 Å². The van der Waals surface area contributed by atoms with E-state index in [1.807, 2.05) is 49.4 Å². The number of halogens is 1. The number of aromatic nitrogens is 2. The van der Waals surface area contributed by atoms with Crippen molar-refractivity contribution < 1.29 is 9.32 Å². The SMILES string of the molecule is CCCNC(=O)Nc1cccc(-c2noc(-c3cccc(Br)c3)n2)c1. The van der Waals surface area contributed by atoms with Crippen LogP contribution in [0.5, 0.6) is 0 Å². The number of amides is 2. The molecule has 25 heavy (non-hydrogen) atoms. The molecule has 7 heteroatoms. The van der Waals surface area contributed by atoms with Gasteiger partial charge in [-0.3, -0.25) is 0 Å². The van der Waals surface area contributed by atoms with E-state index in [1.54, 1.807) is 6.07 Å². The molecule has 6 nitrogen and oxygen atoms in total. The summed E-state index contributed by atoms with van der Waals surface area (Å²) < 4.78 is 6.29. The molecule has 0 unspecified atom stereocenters. The molecule has 2 aromatic carbocycles. The third-order valence-electron chi connectivity index (χ3n) is 3.41. The molecule has 0 aliphatic heterocycles. The molecule has 128 valence electrons. The quantitative estimate of drug-likeness (QED) is 0.650. The topological polar surface area (TPSA) is 80.0 Å². The van der Waals surface area contributed by atoms with Gasteiger partial charge in [0.1, 0.15) is 0 Å². The highest BCUT2D eigenvalue weighted by Gasteiger charge is 2.11. The first kappa shape index (κ1) is 17.2. The maximum atomic E-state index is 11.8. The molecule has 1 heterocycles. The highest BCUT2D eigenvalue weighted by Crippen LogP contribution is 2.25. The molecule has 0 saturated heterocycles. The molecule has 0 bridgehead atoms. The Balaban J connectivity index is 1.78. The molecule has 0 aliphatic carbocycles. The summed E-state index contributed by atoms with van der Waals surface area (Å²) in [7, 11) is 0. The lowest BCUT2D eigenvalue weighted by atomic mass is 10.2. The molecule has 3 rings (SSSR count). The van der Waals surface area contributed by atoms with Crippen molar-refractivity contribution in [3.63, 3.8) is 0 Å². The van der Waals surface area contributed by atoms with Crippen molar-refractivity contribution in [2.24, 2.45) is 0 Å². The van der Waals surface area contributed by atoms with Crippen LogP contribution < -0.4 is 10.6 Å². The standard InChI is InChI=1S/C18H17BrN4O2/c1-2-9-20-18(24)21-15-8-4-5-12(11-15)16-22-17(25-23-16)13-6-3-7-14(19)10-13/h3-8,10-11H,2,9H2,1H3,(H2,20,21,24). The van der Waals surface area contributed by atoms with Gasteiger partial charge in [-0.1, -0.05) is 46.2 Å². The van der Waals surface area contributed by atoms with Crippen molar-refractivity contribution in [3.8, 4) is 22.8 Å². The van der Waals surface area contributed by atoms with Gasteiger partial charge in [-0.05, 0) is 36.8 Å². The normalized spacial score (nSPS) is 10.5. The predicted molar refractivity (Wildman–Crippen MR) is 100 cm³/mol. The van der Waals surface area contributed by atoms with Crippen LogP contribution in [0.2, 0.25) is 0 Å². The van der Waals surface area contributed by atoms with Crippen LogP contribution >= 0.6 is 15.9 Å². The Morgan fingerprint density at radius 3 is 2.76 bits per heavy atom. The van der Waals surface area contributed by atoms with Gasteiger partial charge in [0, 0.05) is 27.8 Å². The van der Waals surface area contributed by atoms with Gasteiger partial charge in [0.25, 0.3) is 5.89 Å². The van der Waals surface area contributed by atoms with E-state index in [9.17, 15) is 4.79 Å². The van der Waals surface area contributed by atoms with Gasteiger partial charge in [0.2, 0.25) is 5.82 Å². The van der Waals surface area contributed by atoms with Gasteiger partial charge in [-0.25, -0.2) is 4.79 Å². The minimum Gasteiger partial charge on any atom is -0.338 e. The first-order chi connectivity index (χ1) is 12.2. The molecular formula is C18H17BrN4O2. The minimum absolute atomic E-state index is 0.234. The molecule has 0 spiro atoms. The fourth-order valence-electron chi connectivity index (χ4n) is 2.23. The summed E-state index contributed by atoms with van der Waals surface area (Å²) >= 11 is 3.43. The number of carbonyl (C=O) groups is 1. The molecule has 0 radical (unpaired) electrons. The van der Waals surface area contributed by atoms with Crippen molar-refractivity contribution in [1.82, 2.24) is 15.5 Å². The molecule has 2 N–H and O–H groups in total. The Hall–Kier alpha value is -2.67. The summed E-state index contributed by atoms with van der Waals surface area (Å²) in [5, 5.41) is 9.59. The van der Waals surface area contributed by atoms with Crippen LogP contribution in [-0.2, 0) is 0 Å². The van der Waals surface area contributed by atoms with Crippen molar-refractivity contribution >= 4 is 27.6 Å². The Morgan fingerprint density at radius 2 is 1.96 bits per heavy atom. The highest BCUT2D eigenvalue weighted by atomic mass is 79.9. The monoisotopic (exact) mass is 400 g/mol. The van der Waals surface area contributed by atoms with Crippen molar-refractivity contribution in [2.45, 2.75) is 13.3 Å². The zero-order valence-electron chi connectivity index (χ0n) is 13.6. The Morgan fingerprint density at radius 1 is 1.16 bits per heavy atom. The van der Waals surface area contributed by atoms with Gasteiger partial charge < -0.3 is 15.2 Å². The Labute approximate surface area is 153 Å². The highest BCUT2D eigenvalue weighted by molar-refractivity contribution is 9.10. The smallest absolute Gasteiger partial charge is 0.319 e. The van der Waals surface area contributed by atoms with E-state index in [0.29, 0.717) is 23.9 Å². The molecule has 3 aromatic rings. The fourth-order valence-corrected chi connectivity index (χ4v) is 2.63. The van der Waals surface area contributed by atoms with E-state index < -0.39 is 0 Å². The molecule has 1 aromatic heterocycles. The van der Waals surface area contributed by atoms with E-state index in [4.69, 9.17) is 4.52 Å². The van der Waals surface area contributed by atoms with Gasteiger partial charge in [0.15, 0.2) is 0 Å². The number of hydrogen-bond donors (Lipinski definition) is 2. The molecule has 2 amide bonds. The van der Waals surface area contributed by atoms with E-state index in [1.165, 1.54) is 0 Å². The molecular weight excluding hydrogens is 384 g/mol. The average molecular weight is 401 g/mol. The first-order valence-electron chi connectivity index (χ1n) is 7.90. The van der Waals surface area contributed by atoms with Crippen LogP contribution in [0, 0.1) is 0 Å². The second kappa shape index (κ2) is 7.94. The van der Waals surface area contributed by atoms with Crippen LogP contribution in [0.4, 0.5) is 10.5 Å². The summed E-state index contributed by atoms with van der Waals surface area (Å²) in [6.45, 7) is 2.63. The number of nitrogens with zero attached hydrogens (tertiary/aromatic N) is 2. The minimum atomic E-state index is -0.234. The van der Waals surface area contributed by atoms with E-state index in [-0.39, 0.29) is 6.03 Å². The van der Waals surface area contributed by atoms with E-state index >= 15 is 0 Å². The second-order valence-corrected chi connectivity index (χ2v) is 6.31. The summed E-state index contributed by atoms with van der Waals surface area (Å²) in [5.41, 5.74) is 2.26. The van der Waals surface area contributed by atoms with Crippen LogP contribution in [0.1, 0.15) is 13.3 Å². The lowest BCUT2D eigenvalue weighted by Gasteiger charge is -2.07. The third kappa shape index (κ3) is 4.45. The maximum Gasteiger partial charge on any atom is 0.319 e. The Bertz CT molecular complexity index is 879. The zero-order valence-corrected chi connectivity index (χ0v) is 15.2. The fraction of sp³-hybridized carbons (Fsp3) is 0.167. The van der Waals surface area contributed by atoms with Crippen molar-refractivity contribution in [3.05, 3.63) is 53.0 Å². The zero-order chi connectivity index (χ0) is 17.6. The number of benzene rings is 2. The van der Waals surface area contributed by atoms with E-state index in [0.717, 1.165) is 22.0 Å². The number of carbonyl (C=O) groups excluding carboxylic acids is 1.